The van der Waals surface area contributed by atoms with E-state index < -0.39 is 0 Å². The summed E-state index contributed by atoms with van der Waals surface area (Å²) in [6.45, 7) is 6.25. The summed E-state index contributed by atoms with van der Waals surface area (Å²) in [5.74, 6) is 2.80. The van der Waals surface area contributed by atoms with Crippen molar-refractivity contribution < 1.29 is 4.74 Å². The molecule has 0 bridgehead atoms. The molecule has 1 fully saturated rings. The van der Waals surface area contributed by atoms with Gasteiger partial charge in [0, 0.05) is 46.5 Å². The van der Waals surface area contributed by atoms with E-state index in [4.69, 9.17) is 4.74 Å². The number of aromatic nitrogens is 2. The van der Waals surface area contributed by atoms with Crippen molar-refractivity contribution in [1.29, 1.82) is 0 Å². The van der Waals surface area contributed by atoms with Gasteiger partial charge in [-0.05, 0) is 25.2 Å². The second-order valence-electron chi connectivity index (χ2n) is 5.70. The molecule has 112 valence electrons. The summed E-state index contributed by atoms with van der Waals surface area (Å²) >= 11 is 0. The highest BCUT2D eigenvalue weighted by Gasteiger charge is 2.18. The molecule has 0 N–H and O–H groups in total. The average Bonchev–Trinajstić information content (AvgIpc) is 2.47. The van der Waals surface area contributed by atoms with Gasteiger partial charge in [-0.15, -0.1) is 0 Å². The van der Waals surface area contributed by atoms with Gasteiger partial charge in [0.05, 0.1) is 0 Å². The van der Waals surface area contributed by atoms with Gasteiger partial charge >= 0.3 is 0 Å². The van der Waals surface area contributed by atoms with Crippen LogP contribution >= 0.6 is 0 Å². The van der Waals surface area contributed by atoms with E-state index in [-0.39, 0.29) is 0 Å². The molecular formula is C15H26N4O. The topological polar surface area (TPSA) is 41.5 Å². The van der Waals surface area contributed by atoms with E-state index in [1.807, 2.05) is 0 Å². The van der Waals surface area contributed by atoms with E-state index in [2.05, 4.69) is 39.8 Å². The molecule has 0 saturated carbocycles. The molecule has 1 aromatic rings. The van der Waals surface area contributed by atoms with Gasteiger partial charge in [-0.25, -0.2) is 9.97 Å². The van der Waals surface area contributed by atoms with Gasteiger partial charge in [0.25, 0.3) is 0 Å². The first-order valence-corrected chi connectivity index (χ1v) is 7.47. The van der Waals surface area contributed by atoms with Crippen molar-refractivity contribution in [2.24, 2.45) is 5.92 Å². The zero-order chi connectivity index (χ0) is 14.4. The monoisotopic (exact) mass is 278 g/mol. The Kier molecular flexibility index (Phi) is 5.59. The number of piperidine rings is 1. The standard InChI is InChI=1S/C15H26N4O/c1-13-6-4-8-19(11-13)15-10-14(16-12-17-15)18(2)7-5-9-20-3/h10,12-13H,4-9,11H2,1-3H3. The van der Waals surface area contributed by atoms with Crippen molar-refractivity contribution in [2.75, 3.05) is 50.2 Å². The Morgan fingerprint density at radius 2 is 2.30 bits per heavy atom. The fraction of sp³-hybridized carbons (Fsp3) is 0.733. The highest BCUT2D eigenvalue weighted by Crippen LogP contribution is 2.23. The molecule has 5 nitrogen and oxygen atoms in total. The van der Waals surface area contributed by atoms with Crippen LogP contribution in [0.5, 0.6) is 0 Å². The fourth-order valence-corrected chi connectivity index (χ4v) is 2.68. The molecule has 1 aromatic heterocycles. The minimum absolute atomic E-state index is 0.751. The molecule has 5 heteroatoms. The Morgan fingerprint density at radius 1 is 1.45 bits per heavy atom. The van der Waals surface area contributed by atoms with Crippen LogP contribution in [-0.4, -0.2) is 50.4 Å². The van der Waals surface area contributed by atoms with Gasteiger partial charge in [0.15, 0.2) is 0 Å². The van der Waals surface area contributed by atoms with Crippen molar-refractivity contribution in [3.63, 3.8) is 0 Å². The average molecular weight is 278 g/mol. The Hall–Kier alpha value is -1.36. The van der Waals surface area contributed by atoms with Crippen LogP contribution in [0.4, 0.5) is 11.6 Å². The highest BCUT2D eigenvalue weighted by molar-refractivity contribution is 5.49. The predicted molar refractivity (Wildman–Crippen MR) is 82.4 cm³/mol. The van der Waals surface area contributed by atoms with E-state index in [0.29, 0.717) is 0 Å². The number of anilines is 2. The van der Waals surface area contributed by atoms with E-state index in [1.165, 1.54) is 12.8 Å². The number of nitrogens with zero attached hydrogens (tertiary/aromatic N) is 4. The van der Waals surface area contributed by atoms with Gasteiger partial charge in [-0.3, -0.25) is 0 Å². The zero-order valence-corrected chi connectivity index (χ0v) is 12.9. The smallest absolute Gasteiger partial charge is 0.134 e. The number of hydrogen-bond acceptors (Lipinski definition) is 5. The third-order valence-electron chi connectivity index (χ3n) is 3.85. The first kappa shape index (κ1) is 15.0. The lowest BCUT2D eigenvalue weighted by atomic mass is 10.0. The van der Waals surface area contributed by atoms with Crippen LogP contribution in [0.15, 0.2) is 12.4 Å². The normalized spacial score (nSPS) is 19.1. The quantitative estimate of drug-likeness (QED) is 0.746. The van der Waals surface area contributed by atoms with Crippen molar-refractivity contribution in [3.8, 4) is 0 Å². The molecule has 2 rings (SSSR count). The predicted octanol–water partition coefficient (Wildman–Crippen LogP) is 2.19. The summed E-state index contributed by atoms with van der Waals surface area (Å²) in [7, 11) is 3.81. The molecule has 1 atom stereocenters. The van der Waals surface area contributed by atoms with Gasteiger partial charge in [0.1, 0.15) is 18.0 Å². The molecular weight excluding hydrogens is 252 g/mol. The van der Waals surface area contributed by atoms with Crippen LogP contribution < -0.4 is 9.80 Å². The first-order valence-electron chi connectivity index (χ1n) is 7.47. The Balaban J connectivity index is 1.99. The molecule has 1 saturated heterocycles. The molecule has 0 amide bonds. The summed E-state index contributed by atoms with van der Waals surface area (Å²) in [5, 5.41) is 0. The first-order chi connectivity index (χ1) is 9.70. The van der Waals surface area contributed by atoms with Crippen molar-refractivity contribution in [1.82, 2.24) is 9.97 Å². The van der Waals surface area contributed by atoms with Crippen molar-refractivity contribution in [2.45, 2.75) is 26.2 Å². The maximum absolute atomic E-state index is 5.09. The molecule has 1 aliphatic heterocycles. The van der Waals surface area contributed by atoms with Gasteiger partial charge in [-0.1, -0.05) is 6.92 Å². The van der Waals surface area contributed by atoms with E-state index >= 15 is 0 Å². The Bertz CT molecular complexity index is 413. The largest absolute Gasteiger partial charge is 0.385 e. The summed E-state index contributed by atoms with van der Waals surface area (Å²) in [6, 6.07) is 2.10. The summed E-state index contributed by atoms with van der Waals surface area (Å²) in [5.41, 5.74) is 0. The SMILES string of the molecule is COCCCN(C)c1cc(N2CCCC(C)C2)ncn1. The van der Waals surface area contributed by atoms with Crippen molar-refractivity contribution >= 4 is 11.6 Å². The van der Waals surface area contributed by atoms with Crippen LogP contribution in [0.3, 0.4) is 0 Å². The van der Waals surface area contributed by atoms with Gasteiger partial charge in [-0.2, -0.15) is 0 Å². The van der Waals surface area contributed by atoms with E-state index in [1.54, 1.807) is 13.4 Å². The number of hydrogen-bond donors (Lipinski definition) is 0. The number of methoxy groups -OCH3 is 1. The fourth-order valence-electron chi connectivity index (χ4n) is 2.68. The number of rotatable bonds is 6. The molecule has 0 aliphatic carbocycles. The van der Waals surface area contributed by atoms with Crippen LogP contribution in [0.25, 0.3) is 0 Å². The van der Waals surface area contributed by atoms with Crippen molar-refractivity contribution in [3.05, 3.63) is 12.4 Å². The minimum atomic E-state index is 0.751. The molecule has 2 heterocycles. The third-order valence-corrected chi connectivity index (χ3v) is 3.85. The number of ether oxygens (including phenoxy) is 1. The Morgan fingerprint density at radius 3 is 3.05 bits per heavy atom. The summed E-state index contributed by atoms with van der Waals surface area (Å²) < 4.78 is 5.09. The molecule has 1 unspecified atom stereocenters. The zero-order valence-electron chi connectivity index (χ0n) is 12.9. The lowest BCUT2D eigenvalue weighted by Gasteiger charge is -2.32. The third kappa shape index (κ3) is 4.07. The van der Waals surface area contributed by atoms with Crippen LogP contribution in [-0.2, 0) is 4.74 Å². The maximum Gasteiger partial charge on any atom is 0.134 e. The second kappa shape index (κ2) is 7.43. The lowest BCUT2D eigenvalue weighted by Crippen LogP contribution is -2.35. The van der Waals surface area contributed by atoms with Crippen LogP contribution in [0.1, 0.15) is 26.2 Å². The molecule has 20 heavy (non-hydrogen) atoms. The van der Waals surface area contributed by atoms with Gasteiger partial charge in [0.2, 0.25) is 0 Å². The van der Waals surface area contributed by atoms with Crippen LogP contribution in [0, 0.1) is 5.92 Å². The molecule has 0 radical (unpaired) electrons. The highest BCUT2D eigenvalue weighted by atomic mass is 16.5. The Labute approximate surface area is 122 Å². The maximum atomic E-state index is 5.09. The summed E-state index contributed by atoms with van der Waals surface area (Å²) in [6.07, 6.45) is 5.26. The second-order valence-corrected chi connectivity index (χ2v) is 5.70. The van der Waals surface area contributed by atoms with Gasteiger partial charge < -0.3 is 14.5 Å². The van der Waals surface area contributed by atoms with E-state index in [0.717, 1.165) is 50.2 Å². The molecule has 1 aliphatic rings. The molecule has 0 aromatic carbocycles. The lowest BCUT2D eigenvalue weighted by molar-refractivity contribution is 0.196. The summed E-state index contributed by atoms with van der Waals surface area (Å²) in [4.78, 5) is 13.4. The van der Waals surface area contributed by atoms with E-state index in [9.17, 15) is 0 Å². The minimum Gasteiger partial charge on any atom is -0.385 e. The van der Waals surface area contributed by atoms with Crippen LogP contribution in [0.2, 0.25) is 0 Å². The molecule has 0 spiro atoms.